The molecule has 0 atom stereocenters. The molecule has 1 heterocycles. The lowest BCUT2D eigenvalue weighted by Crippen LogP contribution is -2.16. The van der Waals surface area contributed by atoms with Crippen LogP contribution in [0.4, 0.5) is 0 Å². The van der Waals surface area contributed by atoms with E-state index in [2.05, 4.69) is 29.4 Å². The van der Waals surface area contributed by atoms with Gasteiger partial charge in [-0.1, -0.05) is 37.6 Å². The van der Waals surface area contributed by atoms with Crippen LogP contribution in [0.2, 0.25) is 5.02 Å². The highest BCUT2D eigenvalue weighted by atomic mass is 35.5. The predicted octanol–water partition coefficient (Wildman–Crippen LogP) is 3.53. The van der Waals surface area contributed by atoms with E-state index in [9.17, 15) is 0 Å². The molecule has 0 amide bonds. The van der Waals surface area contributed by atoms with Crippen molar-refractivity contribution >= 4 is 11.6 Å². The van der Waals surface area contributed by atoms with Gasteiger partial charge in [-0.15, -0.1) is 10.2 Å². The van der Waals surface area contributed by atoms with Crippen LogP contribution in [0.1, 0.15) is 26.2 Å². The zero-order valence-electron chi connectivity index (χ0n) is 11.2. The Bertz CT molecular complexity index is 525. The Kier molecular flexibility index (Phi) is 4.93. The maximum atomic E-state index is 6.09. The van der Waals surface area contributed by atoms with Crippen molar-refractivity contribution in [1.29, 1.82) is 0 Å². The van der Waals surface area contributed by atoms with Gasteiger partial charge in [0, 0.05) is 0 Å². The molecule has 0 aliphatic rings. The van der Waals surface area contributed by atoms with Crippen LogP contribution >= 0.6 is 11.6 Å². The molecular formula is C14H18ClN3O. The van der Waals surface area contributed by atoms with E-state index in [4.69, 9.17) is 16.0 Å². The molecule has 2 rings (SSSR count). The second kappa shape index (κ2) is 6.68. The van der Waals surface area contributed by atoms with E-state index in [1.54, 1.807) is 0 Å². The van der Waals surface area contributed by atoms with Gasteiger partial charge >= 0.3 is 0 Å². The van der Waals surface area contributed by atoms with Crippen molar-refractivity contribution in [3.05, 3.63) is 35.2 Å². The average molecular weight is 280 g/mol. The first-order chi connectivity index (χ1) is 9.16. The Morgan fingerprint density at radius 3 is 2.79 bits per heavy atom. The van der Waals surface area contributed by atoms with Gasteiger partial charge in [-0.2, -0.15) is 0 Å². The minimum atomic E-state index is 0.464. The second-order valence-electron chi connectivity index (χ2n) is 4.84. The number of halogens is 1. The number of hydrogen-bond donors (Lipinski definition) is 1. The molecule has 4 nitrogen and oxygen atoms in total. The van der Waals surface area contributed by atoms with Gasteiger partial charge in [0.1, 0.15) is 0 Å². The third-order valence-electron chi connectivity index (χ3n) is 2.75. The molecule has 102 valence electrons. The van der Waals surface area contributed by atoms with Crippen molar-refractivity contribution in [2.75, 3.05) is 6.54 Å². The summed E-state index contributed by atoms with van der Waals surface area (Å²) in [6.45, 7) is 5.93. The van der Waals surface area contributed by atoms with E-state index < -0.39 is 0 Å². The standard InChI is InChI=1S/C14H18ClN3O/c1-10(2)7-8-16-9-13-17-18-14(19-13)11-5-3-4-6-12(11)15/h3-6,10,16H,7-9H2,1-2H3. The summed E-state index contributed by atoms with van der Waals surface area (Å²) in [6, 6.07) is 7.44. The van der Waals surface area contributed by atoms with E-state index in [-0.39, 0.29) is 0 Å². The first-order valence-electron chi connectivity index (χ1n) is 6.45. The number of hydrogen-bond acceptors (Lipinski definition) is 4. The summed E-state index contributed by atoms with van der Waals surface area (Å²) in [5, 5.41) is 11.9. The highest BCUT2D eigenvalue weighted by Crippen LogP contribution is 2.26. The summed E-state index contributed by atoms with van der Waals surface area (Å²) in [5.74, 6) is 1.74. The second-order valence-corrected chi connectivity index (χ2v) is 5.25. The number of rotatable bonds is 6. The fourth-order valence-electron chi connectivity index (χ4n) is 1.65. The van der Waals surface area contributed by atoms with Crippen LogP contribution in [-0.2, 0) is 6.54 Å². The van der Waals surface area contributed by atoms with E-state index in [1.807, 2.05) is 24.3 Å². The summed E-state index contributed by atoms with van der Waals surface area (Å²) < 4.78 is 5.59. The van der Waals surface area contributed by atoms with E-state index in [0.29, 0.717) is 29.3 Å². The number of benzene rings is 1. The maximum absolute atomic E-state index is 6.09. The number of nitrogens with one attached hydrogen (secondary N) is 1. The van der Waals surface area contributed by atoms with Gasteiger partial charge in [0.15, 0.2) is 0 Å². The fraction of sp³-hybridized carbons (Fsp3) is 0.429. The van der Waals surface area contributed by atoms with Gasteiger partial charge in [-0.3, -0.25) is 0 Å². The maximum Gasteiger partial charge on any atom is 0.249 e. The van der Waals surface area contributed by atoms with Crippen LogP contribution < -0.4 is 5.32 Å². The molecule has 5 heteroatoms. The Labute approximate surface area is 118 Å². The molecule has 0 radical (unpaired) electrons. The molecule has 0 spiro atoms. The van der Waals surface area contributed by atoms with Gasteiger partial charge in [-0.25, -0.2) is 0 Å². The zero-order valence-corrected chi connectivity index (χ0v) is 11.9. The van der Waals surface area contributed by atoms with Crippen molar-refractivity contribution in [3.63, 3.8) is 0 Å². The number of nitrogens with zero attached hydrogens (tertiary/aromatic N) is 2. The molecule has 0 aliphatic heterocycles. The molecule has 0 aliphatic carbocycles. The Morgan fingerprint density at radius 2 is 2.05 bits per heavy atom. The van der Waals surface area contributed by atoms with Crippen molar-refractivity contribution < 1.29 is 4.42 Å². The van der Waals surface area contributed by atoms with Crippen molar-refractivity contribution in [1.82, 2.24) is 15.5 Å². The van der Waals surface area contributed by atoms with Crippen molar-refractivity contribution in [3.8, 4) is 11.5 Å². The Morgan fingerprint density at radius 1 is 1.26 bits per heavy atom. The summed E-state index contributed by atoms with van der Waals surface area (Å²) in [4.78, 5) is 0. The highest BCUT2D eigenvalue weighted by Gasteiger charge is 2.10. The van der Waals surface area contributed by atoms with Crippen LogP contribution in [-0.4, -0.2) is 16.7 Å². The quantitative estimate of drug-likeness (QED) is 0.822. The highest BCUT2D eigenvalue weighted by molar-refractivity contribution is 6.33. The molecule has 19 heavy (non-hydrogen) atoms. The van der Waals surface area contributed by atoms with Crippen LogP contribution in [0.3, 0.4) is 0 Å². The van der Waals surface area contributed by atoms with Gasteiger partial charge < -0.3 is 9.73 Å². The lowest BCUT2D eigenvalue weighted by molar-refractivity contribution is 0.461. The summed E-state index contributed by atoms with van der Waals surface area (Å²) >= 11 is 6.09. The lowest BCUT2D eigenvalue weighted by atomic mass is 10.1. The van der Waals surface area contributed by atoms with Gasteiger partial charge in [-0.05, 0) is 31.0 Å². The van der Waals surface area contributed by atoms with Crippen LogP contribution in [0.5, 0.6) is 0 Å². The predicted molar refractivity (Wildman–Crippen MR) is 75.9 cm³/mol. The zero-order chi connectivity index (χ0) is 13.7. The number of aromatic nitrogens is 2. The fourth-order valence-corrected chi connectivity index (χ4v) is 1.87. The van der Waals surface area contributed by atoms with E-state index >= 15 is 0 Å². The van der Waals surface area contributed by atoms with Gasteiger partial charge in [0.05, 0.1) is 17.1 Å². The third kappa shape index (κ3) is 4.04. The third-order valence-corrected chi connectivity index (χ3v) is 3.08. The molecule has 0 bridgehead atoms. The summed E-state index contributed by atoms with van der Waals surface area (Å²) in [5.41, 5.74) is 0.769. The first-order valence-corrected chi connectivity index (χ1v) is 6.82. The Balaban J connectivity index is 1.94. The molecular weight excluding hydrogens is 262 g/mol. The molecule has 0 saturated heterocycles. The van der Waals surface area contributed by atoms with E-state index in [0.717, 1.165) is 18.5 Å². The van der Waals surface area contributed by atoms with Crippen molar-refractivity contribution in [2.24, 2.45) is 5.92 Å². The van der Waals surface area contributed by atoms with Crippen LogP contribution in [0.25, 0.3) is 11.5 Å². The Hall–Kier alpha value is -1.39. The van der Waals surface area contributed by atoms with Gasteiger partial charge in [0.2, 0.25) is 11.8 Å². The SMILES string of the molecule is CC(C)CCNCc1nnc(-c2ccccc2Cl)o1. The normalized spacial score (nSPS) is 11.2. The van der Waals surface area contributed by atoms with E-state index in [1.165, 1.54) is 0 Å². The topological polar surface area (TPSA) is 51.0 Å². The average Bonchev–Trinajstić information content (AvgIpc) is 2.83. The minimum absolute atomic E-state index is 0.464. The smallest absolute Gasteiger partial charge is 0.249 e. The molecule has 0 unspecified atom stereocenters. The first kappa shape index (κ1) is 14.0. The summed E-state index contributed by atoms with van der Waals surface area (Å²) in [6.07, 6.45) is 1.13. The van der Waals surface area contributed by atoms with Crippen LogP contribution in [0, 0.1) is 5.92 Å². The lowest BCUT2D eigenvalue weighted by Gasteiger charge is -2.04. The molecule has 0 fully saturated rings. The largest absolute Gasteiger partial charge is 0.419 e. The van der Waals surface area contributed by atoms with Crippen molar-refractivity contribution in [2.45, 2.75) is 26.8 Å². The molecule has 1 aromatic carbocycles. The molecule has 2 aromatic rings. The molecule has 1 N–H and O–H groups in total. The van der Waals surface area contributed by atoms with Crippen LogP contribution in [0.15, 0.2) is 28.7 Å². The molecule has 0 saturated carbocycles. The molecule has 1 aromatic heterocycles. The summed E-state index contributed by atoms with van der Waals surface area (Å²) in [7, 11) is 0. The monoisotopic (exact) mass is 279 g/mol. The minimum Gasteiger partial charge on any atom is -0.419 e. The van der Waals surface area contributed by atoms with Gasteiger partial charge in [0.25, 0.3) is 0 Å².